The van der Waals surface area contributed by atoms with Crippen LogP contribution in [-0.4, -0.2) is 27.5 Å². The minimum Gasteiger partial charge on any atom is -0.387 e. The predicted octanol–water partition coefficient (Wildman–Crippen LogP) is 2.16. The van der Waals surface area contributed by atoms with Crippen LogP contribution in [0.1, 0.15) is 17.2 Å². The fourth-order valence-electron chi connectivity index (χ4n) is 1.92. The van der Waals surface area contributed by atoms with Gasteiger partial charge < -0.3 is 15.3 Å². The van der Waals surface area contributed by atoms with Crippen LogP contribution in [0.5, 0.6) is 0 Å². The minimum atomic E-state index is -1.27. The van der Waals surface area contributed by atoms with Crippen LogP contribution in [0.3, 0.4) is 0 Å². The van der Waals surface area contributed by atoms with Crippen molar-refractivity contribution in [2.75, 3.05) is 0 Å². The molecule has 0 spiro atoms. The molecule has 0 unspecified atom stereocenters. The van der Waals surface area contributed by atoms with Crippen LogP contribution in [0.15, 0.2) is 66.7 Å². The Kier molecular flexibility index (Phi) is 5.07. The average Bonchev–Trinajstić information content (AvgIpc) is 2.53. The van der Waals surface area contributed by atoms with Crippen molar-refractivity contribution < 1.29 is 15.3 Å². The summed E-state index contributed by atoms with van der Waals surface area (Å²) in [4.78, 5) is 0. The van der Waals surface area contributed by atoms with Crippen molar-refractivity contribution in [2.45, 2.75) is 18.3 Å². The van der Waals surface area contributed by atoms with Gasteiger partial charge >= 0.3 is 0 Å². The lowest BCUT2D eigenvalue weighted by atomic mass is 10.00. The summed E-state index contributed by atoms with van der Waals surface area (Å²) in [5.74, 6) is 0. The lowest BCUT2D eigenvalue weighted by Crippen LogP contribution is -2.30. The monoisotopic (exact) mass is 270 g/mol. The second-order valence-electron chi connectivity index (χ2n) is 4.61. The van der Waals surface area contributed by atoms with Gasteiger partial charge in [0.15, 0.2) is 0 Å². The van der Waals surface area contributed by atoms with E-state index in [4.69, 9.17) is 0 Å². The summed E-state index contributed by atoms with van der Waals surface area (Å²) in [6.45, 7) is 0. The molecular formula is C17H18O3. The van der Waals surface area contributed by atoms with Crippen molar-refractivity contribution in [1.29, 1.82) is 0 Å². The smallest absolute Gasteiger partial charge is 0.113 e. The first-order chi connectivity index (χ1) is 9.68. The topological polar surface area (TPSA) is 60.7 Å². The van der Waals surface area contributed by atoms with E-state index in [1.165, 1.54) is 6.08 Å². The van der Waals surface area contributed by atoms with Gasteiger partial charge in [-0.15, -0.1) is 0 Å². The number of aliphatic hydroxyl groups is 3. The predicted molar refractivity (Wildman–Crippen MR) is 78.9 cm³/mol. The summed E-state index contributed by atoms with van der Waals surface area (Å²) >= 11 is 0. The van der Waals surface area contributed by atoms with E-state index in [-0.39, 0.29) is 0 Å². The highest BCUT2D eigenvalue weighted by atomic mass is 16.4. The van der Waals surface area contributed by atoms with Gasteiger partial charge in [-0.3, -0.25) is 0 Å². The molecule has 0 aliphatic carbocycles. The maximum atomic E-state index is 10.0. The van der Waals surface area contributed by atoms with Crippen LogP contribution in [0.4, 0.5) is 0 Å². The van der Waals surface area contributed by atoms with Gasteiger partial charge in [0, 0.05) is 0 Å². The Hall–Kier alpha value is -1.94. The maximum Gasteiger partial charge on any atom is 0.113 e. The highest BCUT2D eigenvalue weighted by molar-refractivity contribution is 5.49. The lowest BCUT2D eigenvalue weighted by Gasteiger charge is -2.21. The summed E-state index contributed by atoms with van der Waals surface area (Å²) in [7, 11) is 0. The third-order valence-electron chi connectivity index (χ3n) is 3.10. The third-order valence-corrected chi connectivity index (χ3v) is 3.10. The zero-order valence-electron chi connectivity index (χ0n) is 11.0. The molecule has 0 radical (unpaired) electrons. The Morgan fingerprint density at radius 2 is 1.30 bits per heavy atom. The second-order valence-corrected chi connectivity index (χ2v) is 4.61. The normalized spacial score (nSPS) is 15.9. The molecule has 0 saturated heterocycles. The largest absolute Gasteiger partial charge is 0.387 e. The van der Waals surface area contributed by atoms with Crippen molar-refractivity contribution in [3.8, 4) is 0 Å². The van der Waals surface area contributed by atoms with Gasteiger partial charge in [-0.1, -0.05) is 72.8 Å². The summed E-state index contributed by atoms with van der Waals surface area (Å²) in [6, 6.07) is 18.3. The zero-order chi connectivity index (χ0) is 14.4. The van der Waals surface area contributed by atoms with Crippen LogP contribution >= 0.6 is 0 Å². The number of aliphatic hydroxyl groups excluding tert-OH is 3. The molecule has 104 valence electrons. The Bertz CT molecular complexity index is 537. The molecule has 0 heterocycles. The van der Waals surface area contributed by atoms with E-state index in [0.717, 1.165) is 5.56 Å². The summed E-state index contributed by atoms with van der Waals surface area (Å²) in [5.41, 5.74) is 1.50. The molecule has 3 N–H and O–H groups in total. The summed E-state index contributed by atoms with van der Waals surface area (Å²) in [6.07, 6.45) is -0.327. The Morgan fingerprint density at radius 1 is 0.750 bits per heavy atom. The fourth-order valence-corrected chi connectivity index (χ4v) is 1.92. The average molecular weight is 270 g/mol. The van der Waals surface area contributed by atoms with Gasteiger partial charge in [0.05, 0.1) is 0 Å². The van der Waals surface area contributed by atoms with Crippen LogP contribution in [0.2, 0.25) is 0 Å². The molecule has 0 saturated carbocycles. The van der Waals surface area contributed by atoms with Crippen molar-refractivity contribution in [3.63, 3.8) is 0 Å². The molecular weight excluding hydrogens is 252 g/mol. The molecule has 0 aliphatic rings. The van der Waals surface area contributed by atoms with E-state index in [0.29, 0.717) is 5.56 Å². The van der Waals surface area contributed by atoms with Crippen LogP contribution < -0.4 is 0 Å². The van der Waals surface area contributed by atoms with Crippen molar-refractivity contribution in [1.82, 2.24) is 0 Å². The quantitative estimate of drug-likeness (QED) is 0.780. The molecule has 2 aromatic carbocycles. The molecule has 3 nitrogen and oxygen atoms in total. The maximum absolute atomic E-state index is 10.0. The Balaban J connectivity index is 2.02. The first kappa shape index (κ1) is 14.5. The van der Waals surface area contributed by atoms with Gasteiger partial charge in [-0.25, -0.2) is 0 Å². The van der Waals surface area contributed by atoms with Gasteiger partial charge in [0.1, 0.15) is 18.3 Å². The van der Waals surface area contributed by atoms with Gasteiger partial charge in [0.2, 0.25) is 0 Å². The molecule has 20 heavy (non-hydrogen) atoms. The highest BCUT2D eigenvalue weighted by Gasteiger charge is 2.23. The first-order valence-corrected chi connectivity index (χ1v) is 6.51. The molecule has 3 heteroatoms. The van der Waals surface area contributed by atoms with Gasteiger partial charge in [-0.2, -0.15) is 0 Å². The number of benzene rings is 2. The Labute approximate surface area is 118 Å². The number of rotatable bonds is 5. The zero-order valence-corrected chi connectivity index (χ0v) is 11.0. The second kappa shape index (κ2) is 7.01. The van der Waals surface area contributed by atoms with E-state index in [1.54, 1.807) is 30.3 Å². The van der Waals surface area contributed by atoms with Crippen LogP contribution in [0.25, 0.3) is 6.08 Å². The highest BCUT2D eigenvalue weighted by Crippen LogP contribution is 2.19. The van der Waals surface area contributed by atoms with E-state index < -0.39 is 18.3 Å². The standard InChI is InChI=1S/C17H18O3/c18-15(12-11-13-7-3-1-4-8-13)17(20)16(19)14-9-5-2-6-10-14/h1-12,15-20H/b12-11+/t15-,16+,17+/m1/s1. The van der Waals surface area contributed by atoms with Crippen molar-refractivity contribution in [2.24, 2.45) is 0 Å². The number of hydrogen-bond acceptors (Lipinski definition) is 3. The van der Waals surface area contributed by atoms with E-state index in [2.05, 4.69) is 0 Å². The van der Waals surface area contributed by atoms with Gasteiger partial charge in [-0.05, 0) is 11.1 Å². The molecule has 0 amide bonds. The van der Waals surface area contributed by atoms with Crippen molar-refractivity contribution >= 4 is 6.08 Å². The SMILES string of the molecule is O[C@@H]([C@H](O)/C=C/c1ccccc1)[C@@H](O)c1ccccc1. The third kappa shape index (κ3) is 3.78. The molecule has 3 atom stereocenters. The molecule has 0 bridgehead atoms. The fraction of sp³-hybridized carbons (Fsp3) is 0.176. The number of hydrogen-bond donors (Lipinski definition) is 3. The Morgan fingerprint density at radius 3 is 1.90 bits per heavy atom. The molecule has 0 aromatic heterocycles. The van der Waals surface area contributed by atoms with Crippen LogP contribution in [0, 0.1) is 0 Å². The van der Waals surface area contributed by atoms with E-state index >= 15 is 0 Å². The molecule has 0 fully saturated rings. The summed E-state index contributed by atoms with van der Waals surface area (Å²) in [5, 5.41) is 29.9. The molecule has 2 rings (SSSR count). The van der Waals surface area contributed by atoms with E-state index in [1.807, 2.05) is 36.4 Å². The molecule has 0 aliphatic heterocycles. The minimum absolute atomic E-state index is 0.576. The van der Waals surface area contributed by atoms with Gasteiger partial charge in [0.25, 0.3) is 0 Å². The van der Waals surface area contributed by atoms with E-state index in [9.17, 15) is 15.3 Å². The van der Waals surface area contributed by atoms with Crippen molar-refractivity contribution in [3.05, 3.63) is 77.9 Å². The molecule has 2 aromatic rings. The lowest BCUT2D eigenvalue weighted by molar-refractivity contribution is -0.0423. The van der Waals surface area contributed by atoms with Crippen LogP contribution in [-0.2, 0) is 0 Å². The first-order valence-electron chi connectivity index (χ1n) is 6.51. The summed E-state index contributed by atoms with van der Waals surface area (Å²) < 4.78 is 0.